The number of para-hydroxylation sites is 2. The zero-order valence-electron chi connectivity index (χ0n) is 11.0. The Hall–Kier alpha value is -2.47. The van der Waals surface area contributed by atoms with Crippen LogP contribution in [0, 0.1) is 0 Å². The lowest BCUT2D eigenvalue weighted by molar-refractivity contribution is 0.982. The minimum atomic E-state index is 0.443. The van der Waals surface area contributed by atoms with Gasteiger partial charge in [0.15, 0.2) is 5.82 Å². The molecule has 0 saturated heterocycles. The summed E-state index contributed by atoms with van der Waals surface area (Å²) in [6.45, 7) is 0. The molecule has 0 aliphatic heterocycles. The number of nitrogens with one attached hydrogen (secondary N) is 2. The third-order valence-corrected chi connectivity index (χ3v) is 3.42. The lowest BCUT2D eigenvalue weighted by Crippen LogP contribution is -2.02. The van der Waals surface area contributed by atoms with Crippen molar-refractivity contribution in [3.63, 3.8) is 0 Å². The molecule has 104 valence electrons. The van der Waals surface area contributed by atoms with Crippen LogP contribution in [0.4, 0.5) is 23.1 Å². The van der Waals surface area contributed by atoms with Gasteiger partial charge in [-0.25, -0.2) is 0 Å². The fraction of sp³-hybridized carbons (Fsp3) is 0. The summed E-state index contributed by atoms with van der Waals surface area (Å²) in [5.74, 6) is 1.06. The molecule has 21 heavy (non-hydrogen) atoms. The number of hydrogen-bond donors (Lipinski definition) is 2. The first kappa shape index (κ1) is 13.5. The van der Waals surface area contributed by atoms with Gasteiger partial charge in [-0.15, -0.1) is 5.10 Å². The van der Waals surface area contributed by atoms with Gasteiger partial charge in [-0.3, -0.25) is 0 Å². The summed E-state index contributed by atoms with van der Waals surface area (Å²) >= 11 is 3.48. The van der Waals surface area contributed by atoms with Gasteiger partial charge >= 0.3 is 0 Å². The second-order valence-electron chi connectivity index (χ2n) is 4.26. The van der Waals surface area contributed by atoms with Crippen molar-refractivity contribution in [1.82, 2.24) is 15.2 Å². The van der Waals surface area contributed by atoms with Gasteiger partial charge < -0.3 is 10.6 Å². The zero-order chi connectivity index (χ0) is 14.5. The number of aromatic nitrogens is 3. The quantitative estimate of drug-likeness (QED) is 0.747. The molecule has 0 atom stereocenters. The molecule has 1 aromatic heterocycles. The fourth-order valence-electron chi connectivity index (χ4n) is 1.77. The molecule has 0 aliphatic carbocycles. The van der Waals surface area contributed by atoms with Gasteiger partial charge in [-0.05, 0) is 40.2 Å². The fourth-order valence-corrected chi connectivity index (χ4v) is 2.15. The van der Waals surface area contributed by atoms with Crippen molar-refractivity contribution in [3.8, 4) is 0 Å². The van der Waals surface area contributed by atoms with Crippen LogP contribution in [0.2, 0.25) is 0 Å². The predicted octanol–water partition coefficient (Wildman–Crippen LogP) is 4.12. The summed E-state index contributed by atoms with van der Waals surface area (Å²) in [5, 5.41) is 14.2. The minimum absolute atomic E-state index is 0.443. The van der Waals surface area contributed by atoms with E-state index in [2.05, 4.69) is 41.7 Å². The number of rotatable bonds is 4. The van der Waals surface area contributed by atoms with Crippen molar-refractivity contribution < 1.29 is 0 Å². The molecule has 0 radical (unpaired) electrons. The maximum atomic E-state index is 4.39. The van der Waals surface area contributed by atoms with E-state index in [9.17, 15) is 0 Å². The third kappa shape index (κ3) is 3.55. The Kier molecular flexibility index (Phi) is 4.07. The smallest absolute Gasteiger partial charge is 0.249 e. The van der Waals surface area contributed by atoms with Gasteiger partial charge in [0.05, 0.1) is 11.9 Å². The number of benzene rings is 2. The van der Waals surface area contributed by atoms with Crippen LogP contribution in [-0.2, 0) is 0 Å². The maximum Gasteiger partial charge on any atom is 0.249 e. The van der Waals surface area contributed by atoms with E-state index in [1.54, 1.807) is 6.20 Å². The van der Waals surface area contributed by atoms with Gasteiger partial charge in [0.2, 0.25) is 5.95 Å². The van der Waals surface area contributed by atoms with E-state index in [4.69, 9.17) is 0 Å². The standard InChI is InChI=1S/C15H12BrN5/c16-12-8-4-5-9-13(12)19-14-10-17-21-15(20-14)18-11-6-2-1-3-7-11/h1-10H,(H2,18,19,20,21). The van der Waals surface area contributed by atoms with Crippen molar-refractivity contribution in [2.45, 2.75) is 0 Å². The first-order valence-corrected chi connectivity index (χ1v) is 7.14. The highest BCUT2D eigenvalue weighted by Crippen LogP contribution is 2.24. The molecular weight excluding hydrogens is 330 g/mol. The van der Waals surface area contributed by atoms with Crippen LogP contribution >= 0.6 is 15.9 Å². The number of hydrogen-bond acceptors (Lipinski definition) is 5. The van der Waals surface area contributed by atoms with Crippen molar-refractivity contribution in [2.24, 2.45) is 0 Å². The molecule has 0 fully saturated rings. The molecule has 0 spiro atoms. The van der Waals surface area contributed by atoms with E-state index in [1.807, 2.05) is 54.6 Å². The van der Waals surface area contributed by atoms with Crippen LogP contribution in [0.3, 0.4) is 0 Å². The zero-order valence-corrected chi connectivity index (χ0v) is 12.6. The van der Waals surface area contributed by atoms with Gasteiger partial charge in [0, 0.05) is 10.2 Å². The van der Waals surface area contributed by atoms with Crippen LogP contribution in [-0.4, -0.2) is 15.2 Å². The molecule has 0 unspecified atom stereocenters. The van der Waals surface area contributed by atoms with Crippen LogP contribution in [0.15, 0.2) is 65.3 Å². The van der Waals surface area contributed by atoms with Crippen LogP contribution in [0.25, 0.3) is 0 Å². The minimum Gasteiger partial charge on any atom is -0.338 e. The van der Waals surface area contributed by atoms with E-state index >= 15 is 0 Å². The lowest BCUT2D eigenvalue weighted by atomic mass is 10.3. The van der Waals surface area contributed by atoms with Crippen molar-refractivity contribution in [1.29, 1.82) is 0 Å². The molecule has 3 aromatic rings. The highest BCUT2D eigenvalue weighted by atomic mass is 79.9. The first-order valence-electron chi connectivity index (χ1n) is 6.34. The average Bonchev–Trinajstić information content (AvgIpc) is 2.51. The summed E-state index contributed by atoms with van der Waals surface area (Å²) < 4.78 is 0.959. The summed E-state index contributed by atoms with van der Waals surface area (Å²) in [7, 11) is 0. The second kappa shape index (κ2) is 6.32. The summed E-state index contributed by atoms with van der Waals surface area (Å²) in [6, 6.07) is 17.5. The average molecular weight is 342 g/mol. The molecule has 6 heteroatoms. The van der Waals surface area contributed by atoms with Crippen molar-refractivity contribution in [3.05, 3.63) is 65.3 Å². The monoisotopic (exact) mass is 341 g/mol. The van der Waals surface area contributed by atoms with E-state index in [1.165, 1.54) is 0 Å². The first-order chi connectivity index (χ1) is 10.3. The van der Waals surface area contributed by atoms with Crippen molar-refractivity contribution in [2.75, 3.05) is 10.6 Å². The Morgan fingerprint density at radius 1 is 0.857 bits per heavy atom. The van der Waals surface area contributed by atoms with Crippen LogP contribution in [0.1, 0.15) is 0 Å². The Labute approximate surface area is 130 Å². The lowest BCUT2D eigenvalue weighted by Gasteiger charge is -2.08. The Bertz CT molecular complexity index is 733. The van der Waals surface area contributed by atoms with Gasteiger partial charge in [0.1, 0.15) is 0 Å². The molecular formula is C15H12BrN5. The second-order valence-corrected chi connectivity index (χ2v) is 5.12. The van der Waals surface area contributed by atoms with Crippen molar-refractivity contribution >= 4 is 39.1 Å². The molecule has 1 heterocycles. The molecule has 0 bridgehead atoms. The SMILES string of the molecule is Brc1ccccc1Nc1cnnc(Nc2ccccc2)n1. The summed E-state index contributed by atoms with van der Waals surface area (Å²) in [4.78, 5) is 4.39. The largest absolute Gasteiger partial charge is 0.338 e. The Morgan fingerprint density at radius 3 is 2.43 bits per heavy atom. The van der Waals surface area contributed by atoms with Gasteiger partial charge in [-0.2, -0.15) is 10.1 Å². The van der Waals surface area contributed by atoms with E-state index < -0.39 is 0 Å². The van der Waals surface area contributed by atoms with Gasteiger partial charge in [0.25, 0.3) is 0 Å². The van der Waals surface area contributed by atoms with Crippen LogP contribution < -0.4 is 10.6 Å². The highest BCUT2D eigenvalue weighted by molar-refractivity contribution is 9.10. The molecule has 5 nitrogen and oxygen atoms in total. The van der Waals surface area contributed by atoms with E-state index in [0.29, 0.717) is 11.8 Å². The normalized spacial score (nSPS) is 10.1. The summed E-state index contributed by atoms with van der Waals surface area (Å²) in [6.07, 6.45) is 1.58. The Morgan fingerprint density at radius 2 is 1.62 bits per heavy atom. The number of halogens is 1. The molecule has 2 aromatic carbocycles. The summed E-state index contributed by atoms with van der Waals surface area (Å²) in [5.41, 5.74) is 1.83. The third-order valence-electron chi connectivity index (χ3n) is 2.73. The molecule has 3 rings (SSSR count). The Balaban J connectivity index is 1.79. The van der Waals surface area contributed by atoms with Gasteiger partial charge in [-0.1, -0.05) is 30.3 Å². The molecule has 0 amide bonds. The number of nitrogens with zero attached hydrogens (tertiary/aromatic N) is 3. The topological polar surface area (TPSA) is 62.7 Å². The molecule has 0 saturated carbocycles. The molecule has 2 N–H and O–H groups in total. The maximum absolute atomic E-state index is 4.39. The predicted molar refractivity (Wildman–Crippen MR) is 87.0 cm³/mol. The van der Waals surface area contributed by atoms with Crippen LogP contribution in [0.5, 0.6) is 0 Å². The van der Waals surface area contributed by atoms with E-state index in [-0.39, 0.29) is 0 Å². The highest BCUT2D eigenvalue weighted by Gasteiger charge is 2.03. The van der Waals surface area contributed by atoms with E-state index in [0.717, 1.165) is 15.8 Å². The number of anilines is 4. The molecule has 0 aliphatic rings.